The fourth-order valence-corrected chi connectivity index (χ4v) is 2.99. The summed E-state index contributed by atoms with van der Waals surface area (Å²) in [5.41, 5.74) is 0.866. The minimum atomic E-state index is -0.299. The van der Waals surface area contributed by atoms with E-state index >= 15 is 0 Å². The Morgan fingerprint density at radius 3 is 1.23 bits per heavy atom. The van der Waals surface area contributed by atoms with Crippen molar-refractivity contribution in [2.75, 3.05) is 26.2 Å². The lowest BCUT2D eigenvalue weighted by Gasteiger charge is -2.22. The molecule has 0 aromatic heterocycles. The Hall–Kier alpha value is -2.06. The van der Waals surface area contributed by atoms with Crippen LogP contribution in [0.15, 0.2) is 24.3 Å². The van der Waals surface area contributed by atoms with Crippen LogP contribution in [-0.4, -0.2) is 58.0 Å². The van der Waals surface area contributed by atoms with Crippen LogP contribution in [-0.2, 0) is 0 Å². The summed E-state index contributed by atoms with van der Waals surface area (Å²) in [7, 11) is 0. The zero-order chi connectivity index (χ0) is 19.7. The lowest BCUT2D eigenvalue weighted by atomic mass is 10.1. The van der Waals surface area contributed by atoms with Crippen molar-refractivity contribution in [3.05, 3.63) is 35.4 Å². The molecule has 0 fully saturated rings. The maximum absolute atomic E-state index is 12.3. The fourth-order valence-electron chi connectivity index (χ4n) is 2.29. The molecule has 2 N–H and O–H groups in total. The van der Waals surface area contributed by atoms with Crippen molar-refractivity contribution in [3.63, 3.8) is 0 Å². The van der Waals surface area contributed by atoms with Gasteiger partial charge in [0, 0.05) is 37.3 Å². The van der Waals surface area contributed by atoms with Gasteiger partial charge in [-0.15, -0.1) is 0 Å². The molecule has 2 amide bonds. The molecule has 1 rings (SSSR count). The van der Waals surface area contributed by atoms with Crippen LogP contribution in [0.25, 0.3) is 0 Å². The molecule has 0 heterocycles. The zero-order valence-electron chi connectivity index (χ0n) is 15.7. The Morgan fingerprint density at radius 1 is 0.731 bits per heavy atom. The SMILES string of the molecule is CCN(CC)C(=S)NC(=O)c1ccc(C(=O)NC(=S)N(CC)CC)cc1. The summed E-state index contributed by atoms with van der Waals surface area (Å²) in [6.07, 6.45) is 0. The smallest absolute Gasteiger partial charge is 0.257 e. The quantitative estimate of drug-likeness (QED) is 0.723. The molecular weight excluding hydrogens is 368 g/mol. The summed E-state index contributed by atoms with van der Waals surface area (Å²) >= 11 is 10.4. The average Bonchev–Trinajstić information content (AvgIpc) is 2.63. The predicted octanol–water partition coefficient (Wildman–Crippen LogP) is 2.40. The van der Waals surface area contributed by atoms with Crippen molar-refractivity contribution >= 4 is 46.5 Å². The molecule has 0 aliphatic rings. The van der Waals surface area contributed by atoms with Gasteiger partial charge in [0.1, 0.15) is 0 Å². The highest BCUT2D eigenvalue weighted by Gasteiger charge is 2.14. The first-order valence-corrected chi connectivity index (χ1v) is 9.49. The minimum Gasteiger partial charge on any atom is -0.350 e. The number of carbonyl (C=O) groups is 2. The first-order chi connectivity index (χ1) is 12.4. The molecule has 0 aliphatic heterocycles. The third-order valence-corrected chi connectivity index (χ3v) is 4.67. The molecule has 0 atom stereocenters. The molecule has 1 aromatic rings. The second kappa shape index (κ2) is 10.8. The fraction of sp³-hybridized carbons (Fsp3) is 0.444. The molecule has 0 saturated carbocycles. The number of carbonyl (C=O) groups excluding carboxylic acids is 2. The lowest BCUT2D eigenvalue weighted by Crippen LogP contribution is -2.42. The van der Waals surface area contributed by atoms with E-state index in [9.17, 15) is 9.59 Å². The number of thiocarbonyl (C=S) groups is 2. The minimum absolute atomic E-state index is 0.299. The Bertz CT molecular complexity index is 597. The van der Waals surface area contributed by atoms with Crippen LogP contribution in [0, 0.1) is 0 Å². The molecule has 0 bridgehead atoms. The van der Waals surface area contributed by atoms with Crippen LogP contribution < -0.4 is 10.6 Å². The van der Waals surface area contributed by atoms with Gasteiger partial charge in [-0.2, -0.15) is 0 Å². The maximum Gasteiger partial charge on any atom is 0.257 e. The van der Waals surface area contributed by atoms with Crippen molar-refractivity contribution in [2.45, 2.75) is 27.7 Å². The van der Waals surface area contributed by atoms with Crippen LogP contribution >= 0.6 is 24.4 Å². The van der Waals surface area contributed by atoms with E-state index in [1.165, 1.54) is 0 Å². The maximum atomic E-state index is 12.3. The van der Waals surface area contributed by atoms with E-state index in [4.69, 9.17) is 24.4 Å². The highest BCUT2D eigenvalue weighted by molar-refractivity contribution is 7.80. The molecule has 0 unspecified atom stereocenters. The van der Waals surface area contributed by atoms with E-state index in [1.54, 1.807) is 24.3 Å². The molecule has 0 saturated heterocycles. The van der Waals surface area contributed by atoms with Gasteiger partial charge in [-0.3, -0.25) is 20.2 Å². The average molecular weight is 395 g/mol. The molecule has 0 aliphatic carbocycles. The van der Waals surface area contributed by atoms with Gasteiger partial charge >= 0.3 is 0 Å². The Kier molecular flexibility index (Phi) is 9.15. The van der Waals surface area contributed by atoms with Gasteiger partial charge in [0.15, 0.2) is 10.2 Å². The van der Waals surface area contributed by atoms with E-state index in [2.05, 4.69) is 10.6 Å². The molecule has 1 aromatic carbocycles. The van der Waals surface area contributed by atoms with E-state index in [1.807, 2.05) is 37.5 Å². The summed E-state index contributed by atoms with van der Waals surface area (Å²) in [4.78, 5) is 28.3. The Balaban J connectivity index is 2.73. The van der Waals surface area contributed by atoms with Crippen LogP contribution in [0.4, 0.5) is 0 Å². The second-order valence-electron chi connectivity index (χ2n) is 5.44. The van der Waals surface area contributed by atoms with Gasteiger partial charge in [-0.05, 0) is 76.4 Å². The highest BCUT2D eigenvalue weighted by Crippen LogP contribution is 2.06. The van der Waals surface area contributed by atoms with Gasteiger partial charge in [0.2, 0.25) is 0 Å². The van der Waals surface area contributed by atoms with Crippen LogP contribution in [0.3, 0.4) is 0 Å². The summed E-state index contributed by atoms with van der Waals surface area (Å²) in [6, 6.07) is 6.37. The van der Waals surface area contributed by atoms with Crippen LogP contribution in [0.1, 0.15) is 48.4 Å². The van der Waals surface area contributed by atoms with E-state index in [0.717, 1.165) is 26.2 Å². The first kappa shape index (κ1) is 22.0. The monoisotopic (exact) mass is 394 g/mol. The van der Waals surface area contributed by atoms with Crippen molar-refractivity contribution in [1.82, 2.24) is 20.4 Å². The molecule has 142 valence electrons. The van der Waals surface area contributed by atoms with Crippen LogP contribution in [0.5, 0.6) is 0 Å². The zero-order valence-corrected chi connectivity index (χ0v) is 17.3. The van der Waals surface area contributed by atoms with Gasteiger partial charge in [-0.1, -0.05) is 0 Å². The summed E-state index contributed by atoms with van der Waals surface area (Å²) < 4.78 is 0. The third kappa shape index (κ3) is 6.03. The Morgan fingerprint density at radius 2 is 1.00 bits per heavy atom. The molecule has 26 heavy (non-hydrogen) atoms. The van der Waals surface area contributed by atoms with Crippen molar-refractivity contribution in [3.8, 4) is 0 Å². The van der Waals surface area contributed by atoms with E-state index in [0.29, 0.717) is 21.4 Å². The molecule has 0 radical (unpaired) electrons. The number of benzene rings is 1. The molecule has 6 nitrogen and oxygen atoms in total. The first-order valence-electron chi connectivity index (χ1n) is 8.68. The molecule has 8 heteroatoms. The second-order valence-corrected chi connectivity index (χ2v) is 6.21. The normalized spacial score (nSPS) is 10.0. The van der Waals surface area contributed by atoms with Crippen molar-refractivity contribution in [2.24, 2.45) is 0 Å². The summed E-state index contributed by atoms with van der Waals surface area (Å²) in [5.74, 6) is -0.597. The van der Waals surface area contributed by atoms with Gasteiger partial charge < -0.3 is 9.80 Å². The van der Waals surface area contributed by atoms with E-state index in [-0.39, 0.29) is 11.8 Å². The number of nitrogens with zero attached hydrogens (tertiary/aromatic N) is 2. The van der Waals surface area contributed by atoms with Crippen LogP contribution in [0.2, 0.25) is 0 Å². The lowest BCUT2D eigenvalue weighted by molar-refractivity contribution is 0.0961. The predicted molar refractivity (Wildman–Crippen MR) is 112 cm³/mol. The molecular formula is C18H26N4O2S2. The highest BCUT2D eigenvalue weighted by atomic mass is 32.1. The Labute approximate surface area is 165 Å². The number of hydrogen-bond acceptors (Lipinski definition) is 4. The number of rotatable bonds is 6. The number of amides is 2. The summed E-state index contributed by atoms with van der Waals surface area (Å²) in [5, 5.41) is 6.19. The number of nitrogens with one attached hydrogen (secondary N) is 2. The third-order valence-electron chi connectivity index (χ3n) is 3.95. The topological polar surface area (TPSA) is 64.7 Å². The van der Waals surface area contributed by atoms with Crippen molar-refractivity contribution in [1.29, 1.82) is 0 Å². The number of hydrogen-bond donors (Lipinski definition) is 2. The summed E-state index contributed by atoms with van der Waals surface area (Å²) in [6.45, 7) is 10.8. The van der Waals surface area contributed by atoms with Crippen molar-refractivity contribution < 1.29 is 9.59 Å². The standard InChI is InChI=1S/C18H26N4O2S2/c1-5-21(6-2)17(25)19-15(23)13-9-11-14(12-10-13)16(24)20-18(26)22(7-3)8-4/h9-12H,5-8H2,1-4H3,(H,19,23,25)(H,20,24,26). The largest absolute Gasteiger partial charge is 0.350 e. The van der Waals surface area contributed by atoms with E-state index < -0.39 is 0 Å². The van der Waals surface area contributed by atoms with Gasteiger partial charge in [-0.25, -0.2) is 0 Å². The van der Waals surface area contributed by atoms with Gasteiger partial charge in [0.05, 0.1) is 0 Å². The molecule has 0 spiro atoms. The van der Waals surface area contributed by atoms with Gasteiger partial charge in [0.25, 0.3) is 11.8 Å².